The molecule has 0 atom stereocenters. The summed E-state index contributed by atoms with van der Waals surface area (Å²) in [6, 6.07) is 11.1. The van der Waals surface area contributed by atoms with Crippen molar-refractivity contribution >= 4 is 16.9 Å². The van der Waals surface area contributed by atoms with Crippen LogP contribution in [0.2, 0.25) is 0 Å². The van der Waals surface area contributed by atoms with Gasteiger partial charge < -0.3 is 19.6 Å². The van der Waals surface area contributed by atoms with Crippen LogP contribution in [0.5, 0.6) is 5.75 Å². The number of hydrogen-bond acceptors (Lipinski definition) is 6. The van der Waals surface area contributed by atoms with Gasteiger partial charge in [-0.1, -0.05) is 12.1 Å². The minimum atomic E-state index is -0.464. The Hall–Kier alpha value is -3.71. The molecule has 0 spiro atoms. The number of ether oxygens (including phenoxy) is 2. The molecule has 0 aliphatic rings. The highest BCUT2D eigenvalue weighted by atomic mass is 19.1. The predicted octanol–water partition coefficient (Wildman–Crippen LogP) is 5.39. The number of pyridine rings is 1. The van der Waals surface area contributed by atoms with Crippen molar-refractivity contribution in [2.45, 2.75) is 40.3 Å². The number of nitrogens with zero attached hydrogens (tertiary/aromatic N) is 1. The molecule has 0 fully saturated rings. The molecule has 0 radical (unpaired) electrons. The third-order valence-corrected chi connectivity index (χ3v) is 5.63. The van der Waals surface area contributed by atoms with Crippen molar-refractivity contribution in [3.63, 3.8) is 0 Å². The Kier molecular flexibility index (Phi) is 6.93. The first-order valence-electron chi connectivity index (χ1n) is 11.1. The van der Waals surface area contributed by atoms with E-state index in [1.807, 2.05) is 44.2 Å². The molecule has 176 valence electrons. The first-order chi connectivity index (χ1) is 16.4. The maximum absolute atomic E-state index is 15.1. The fraction of sp³-hybridized carbons (Fsp3) is 0.259. The SMILES string of the molecule is CCOC(=O)Cc1ccc(C)cc1OCc1cc(-c2ccnc(CN)c2F)c2occ(C)c2c1. The number of hydrogen-bond donors (Lipinski definition) is 1. The molecule has 2 aromatic heterocycles. The third kappa shape index (κ3) is 4.79. The Morgan fingerprint density at radius 2 is 1.97 bits per heavy atom. The van der Waals surface area contributed by atoms with Crippen LogP contribution in [0.15, 0.2) is 53.3 Å². The van der Waals surface area contributed by atoms with Gasteiger partial charge in [-0.2, -0.15) is 0 Å². The van der Waals surface area contributed by atoms with Crippen LogP contribution in [0, 0.1) is 19.7 Å². The third-order valence-electron chi connectivity index (χ3n) is 5.63. The van der Waals surface area contributed by atoms with Crippen LogP contribution in [0.3, 0.4) is 0 Å². The average molecular weight is 463 g/mol. The van der Waals surface area contributed by atoms with Crippen LogP contribution >= 0.6 is 0 Å². The smallest absolute Gasteiger partial charge is 0.310 e. The summed E-state index contributed by atoms with van der Waals surface area (Å²) >= 11 is 0. The number of fused-ring (bicyclic) bond motifs is 1. The molecule has 0 aliphatic carbocycles. The second kappa shape index (κ2) is 10.1. The molecule has 0 saturated heterocycles. The molecule has 2 aromatic carbocycles. The zero-order valence-corrected chi connectivity index (χ0v) is 19.5. The minimum absolute atomic E-state index is 0.000594. The zero-order valence-electron chi connectivity index (χ0n) is 19.5. The van der Waals surface area contributed by atoms with Crippen LogP contribution in [0.4, 0.5) is 4.39 Å². The largest absolute Gasteiger partial charge is 0.489 e. The zero-order chi connectivity index (χ0) is 24.2. The fourth-order valence-corrected chi connectivity index (χ4v) is 3.91. The summed E-state index contributed by atoms with van der Waals surface area (Å²) in [5.41, 5.74) is 10.9. The number of halogens is 1. The first kappa shape index (κ1) is 23.4. The summed E-state index contributed by atoms with van der Waals surface area (Å²) in [7, 11) is 0. The van der Waals surface area contributed by atoms with Crippen molar-refractivity contribution in [1.82, 2.24) is 4.98 Å². The van der Waals surface area contributed by atoms with E-state index in [1.165, 1.54) is 0 Å². The lowest BCUT2D eigenvalue weighted by Crippen LogP contribution is -2.09. The van der Waals surface area contributed by atoms with Gasteiger partial charge >= 0.3 is 5.97 Å². The van der Waals surface area contributed by atoms with Gasteiger partial charge in [0.25, 0.3) is 0 Å². The van der Waals surface area contributed by atoms with Gasteiger partial charge in [0.1, 0.15) is 17.9 Å². The first-order valence-corrected chi connectivity index (χ1v) is 11.1. The molecule has 0 aliphatic heterocycles. The number of aryl methyl sites for hydroxylation is 2. The highest BCUT2D eigenvalue weighted by molar-refractivity contribution is 5.95. The molecular weight excluding hydrogens is 435 g/mol. The number of benzene rings is 2. The van der Waals surface area contributed by atoms with Crippen LogP contribution < -0.4 is 10.5 Å². The number of aromatic nitrogens is 1. The van der Waals surface area contributed by atoms with Gasteiger partial charge in [-0.25, -0.2) is 4.39 Å². The van der Waals surface area contributed by atoms with E-state index in [0.29, 0.717) is 29.1 Å². The number of nitrogens with two attached hydrogens (primary N) is 1. The Morgan fingerprint density at radius 1 is 1.15 bits per heavy atom. The summed E-state index contributed by atoms with van der Waals surface area (Å²) in [6.45, 7) is 6.22. The molecule has 0 bridgehead atoms. The lowest BCUT2D eigenvalue weighted by atomic mass is 9.99. The number of rotatable bonds is 8. The lowest BCUT2D eigenvalue weighted by molar-refractivity contribution is -0.142. The monoisotopic (exact) mass is 462 g/mol. The van der Waals surface area contributed by atoms with Crippen molar-refractivity contribution in [1.29, 1.82) is 0 Å². The van der Waals surface area contributed by atoms with Crippen molar-refractivity contribution < 1.29 is 23.1 Å². The fourth-order valence-electron chi connectivity index (χ4n) is 3.91. The molecule has 0 saturated carbocycles. The van der Waals surface area contributed by atoms with E-state index in [1.54, 1.807) is 25.5 Å². The maximum atomic E-state index is 15.1. The quantitative estimate of drug-likeness (QED) is 0.353. The van der Waals surface area contributed by atoms with E-state index in [0.717, 1.165) is 27.6 Å². The Morgan fingerprint density at radius 3 is 2.74 bits per heavy atom. The summed E-state index contributed by atoms with van der Waals surface area (Å²) in [4.78, 5) is 16.1. The predicted molar refractivity (Wildman–Crippen MR) is 128 cm³/mol. The lowest BCUT2D eigenvalue weighted by Gasteiger charge is -2.14. The summed E-state index contributed by atoms with van der Waals surface area (Å²) in [5, 5.41) is 0.873. The number of carbonyl (C=O) groups is 1. The van der Waals surface area contributed by atoms with Gasteiger partial charge in [-0.3, -0.25) is 9.78 Å². The van der Waals surface area contributed by atoms with Gasteiger partial charge in [0, 0.05) is 34.8 Å². The molecule has 0 amide bonds. The van der Waals surface area contributed by atoms with Gasteiger partial charge in [0.2, 0.25) is 0 Å². The van der Waals surface area contributed by atoms with E-state index in [4.69, 9.17) is 19.6 Å². The second-order valence-electron chi connectivity index (χ2n) is 8.14. The molecule has 2 heterocycles. The molecule has 6 nitrogen and oxygen atoms in total. The van der Waals surface area contributed by atoms with E-state index in [9.17, 15) is 4.79 Å². The van der Waals surface area contributed by atoms with Gasteiger partial charge in [0.15, 0.2) is 5.82 Å². The number of carbonyl (C=O) groups excluding carboxylic acids is 1. The van der Waals surface area contributed by atoms with E-state index >= 15 is 4.39 Å². The standard InChI is InChI=1S/C27H27FN2O4/c1-4-32-25(31)12-19-6-5-16(2)9-24(19)33-15-18-10-21-17(3)14-34-27(21)22(11-18)20-7-8-30-23(13-29)26(20)28/h5-11,14H,4,12-13,15,29H2,1-3H3. The molecule has 34 heavy (non-hydrogen) atoms. The minimum Gasteiger partial charge on any atom is -0.489 e. The average Bonchev–Trinajstić information content (AvgIpc) is 3.20. The molecule has 4 aromatic rings. The summed E-state index contributed by atoms with van der Waals surface area (Å²) in [6.07, 6.45) is 3.32. The Bertz CT molecular complexity index is 1350. The molecule has 7 heteroatoms. The van der Waals surface area contributed by atoms with E-state index in [2.05, 4.69) is 4.98 Å². The second-order valence-corrected chi connectivity index (χ2v) is 8.14. The highest BCUT2D eigenvalue weighted by Gasteiger charge is 2.18. The molecule has 0 unspecified atom stereocenters. The van der Waals surface area contributed by atoms with Crippen LogP contribution in [0.1, 0.15) is 34.9 Å². The van der Waals surface area contributed by atoms with Gasteiger partial charge in [0.05, 0.1) is 25.0 Å². The van der Waals surface area contributed by atoms with Crippen LogP contribution in [-0.4, -0.2) is 17.6 Å². The van der Waals surface area contributed by atoms with Gasteiger partial charge in [-0.05, 0) is 61.7 Å². The Labute approximate surface area is 197 Å². The highest BCUT2D eigenvalue weighted by Crippen LogP contribution is 2.35. The van der Waals surface area contributed by atoms with Crippen LogP contribution in [-0.2, 0) is 29.1 Å². The van der Waals surface area contributed by atoms with Gasteiger partial charge in [-0.15, -0.1) is 0 Å². The summed E-state index contributed by atoms with van der Waals surface area (Å²) in [5.74, 6) is -0.161. The normalized spacial score (nSPS) is 11.1. The molecule has 4 rings (SSSR count). The summed E-state index contributed by atoms with van der Waals surface area (Å²) < 4.78 is 32.1. The van der Waals surface area contributed by atoms with Crippen molar-refractivity contribution in [2.24, 2.45) is 5.73 Å². The molecule has 2 N–H and O–H groups in total. The van der Waals surface area contributed by atoms with Crippen molar-refractivity contribution in [2.75, 3.05) is 6.61 Å². The number of esters is 1. The Balaban J connectivity index is 1.70. The maximum Gasteiger partial charge on any atom is 0.310 e. The van der Waals surface area contributed by atoms with E-state index in [-0.39, 0.29) is 31.2 Å². The number of furan rings is 1. The topological polar surface area (TPSA) is 87.6 Å². The van der Waals surface area contributed by atoms with Crippen molar-refractivity contribution in [3.8, 4) is 16.9 Å². The van der Waals surface area contributed by atoms with Crippen molar-refractivity contribution in [3.05, 3.63) is 82.6 Å². The molecular formula is C27H27FN2O4. The van der Waals surface area contributed by atoms with Crippen LogP contribution in [0.25, 0.3) is 22.1 Å². The van der Waals surface area contributed by atoms with E-state index < -0.39 is 5.82 Å².